The molecule has 17 heavy (non-hydrogen) atoms. The fourth-order valence-electron chi connectivity index (χ4n) is 0.667. The maximum atomic E-state index is 10.3. The van der Waals surface area contributed by atoms with Crippen LogP contribution in [0.5, 0.6) is 0 Å². The molecule has 0 bridgehead atoms. The summed E-state index contributed by atoms with van der Waals surface area (Å²) in [5.41, 5.74) is 11.7. The number of hydrogen-bond donors (Lipinski definition) is 1. The number of allylic oxidation sites excluding steroid dienone is 1. The van der Waals surface area contributed by atoms with Gasteiger partial charge < -0.3 is 0 Å². The molecule has 0 unspecified atom stereocenters. The number of carbonyl (C=O) groups excluding carboxylic acids is 1. The predicted molar refractivity (Wildman–Crippen MR) is 60.8 cm³/mol. The molecule has 1 rings (SSSR count). The minimum absolute atomic E-state index is 0. The number of benzene rings is 1. The van der Waals surface area contributed by atoms with Crippen LogP contribution >= 0.6 is 0 Å². The van der Waals surface area contributed by atoms with Crippen molar-refractivity contribution in [3.05, 3.63) is 66.1 Å². The van der Waals surface area contributed by atoms with Crippen molar-refractivity contribution >= 4 is 10.3 Å². The first-order valence-electron chi connectivity index (χ1n) is 4.34. The maximum absolute atomic E-state index is 10.3. The topological polar surface area (TPSA) is 66.9 Å². The van der Waals surface area contributed by atoms with Crippen molar-refractivity contribution in [1.29, 1.82) is 0 Å². The quantitative estimate of drug-likeness (QED) is 0.315. The first kappa shape index (κ1) is 19.0. The van der Waals surface area contributed by atoms with E-state index in [4.69, 9.17) is 11.5 Å². The van der Waals surface area contributed by atoms with Gasteiger partial charge >= 0.3 is 69.8 Å². The van der Waals surface area contributed by atoms with Crippen molar-refractivity contribution in [1.82, 2.24) is 0 Å². The Bertz CT molecular complexity index is 351. The van der Waals surface area contributed by atoms with Gasteiger partial charge in [0, 0.05) is 32.7 Å². The number of hydrogen-bond acceptors (Lipinski definition) is 2. The number of nitrogens with one attached hydrogen (secondary N) is 1. The van der Waals surface area contributed by atoms with E-state index >= 15 is 0 Å². The Morgan fingerprint density at radius 1 is 1.35 bits per heavy atom. The third kappa shape index (κ3) is 11.9. The van der Waals surface area contributed by atoms with Crippen molar-refractivity contribution in [3.63, 3.8) is 0 Å². The molecule has 0 saturated heterocycles. The zero-order chi connectivity index (χ0) is 12.2. The number of nitrogens with two attached hydrogens (primary N) is 1. The summed E-state index contributed by atoms with van der Waals surface area (Å²) >= 11 is 1.28. The van der Waals surface area contributed by atoms with Gasteiger partial charge in [-0.05, 0) is 0 Å². The second-order valence-corrected chi connectivity index (χ2v) is 3.44. The molecule has 0 aliphatic rings. The molecule has 0 atom stereocenters. The first-order chi connectivity index (χ1) is 7.72. The van der Waals surface area contributed by atoms with E-state index in [9.17, 15) is 4.79 Å². The van der Waals surface area contributed by atoms with E-state index in [1.807, 2.05) is 34.7 Å². The fraction of sp³-hybridized carbons (Fsp3) is 0. The van der Waals surface area contributed by atoms with Gasteiger partial charge in [0.1, 0.15) is 0 Å². The van der Waals surface area contributed by atoms with Gasteiger partial charge in [0.15, 0.2) is 0 Å². The van der Waals surface area contributed by atoms with Crippen LogP contribution in [-0.4, -0.2) is 10.3 Å². The summed E-state index contributed by atoms with van der Waals surface area (Å²) in [7, 11) is 0. The van der Waals surface area contributed by atoms with E-state index in [1.54, 1.807) is 6.08 Å². The zero-order valence-corrected chi connectivity index (χ0v) is 14.9. The Labute approximate surface area is 138 Å². The summed E-state index contributed by atoms with van der Waals surface area (Å²) in [6.45, 7) is 0. The van der Waals surface area contributed by atoms with Gasteiger partial charge in [-0.1, -0.05) is 0 Å². The van der Waals surface area contributed by atoms with E-state index in [2.05, 4.69) is 12.3 Å². The van der Waals surface area contributed by atoms with Crippen molar-refractivity contribution < 1.29 is 56.9 Å². The van der Waals surface area contributed by atoms with Gasteiger partial charge in [-0.15, -0.1) is 0 Å². The number of carbonyl (C=O) groups is 1. The molecule has 0 saturated carbocycles. The van der Waals surface area contributed by atoms with Crippen LogP contribution in [0.15, 0.2) is 48.1 Å². The van der Waals surface area contributed by atoms with Crippen LogP contribution < -0.4 is 5.73 Å². The van der Waals surface area contributed by atoms with Crippen LogP contribution in [0.25, 0.3) is 5.73 Å². The molecule has 87 valence electrons. The average molecular weight is 472 g/mol. The summed E-state index contributed by atoms with van der Waals surface area (Å²) in [5.74, 6) is -0.810. The van der Waals surface area contributed by atoms with Gasteiger partial charge in [-0.2, -0.15) is 36.4 Å². The van der Waals surface area contributed by atoms with Crippen LogP contribution in [0.3, 0.4) is 0 Å². The Morgan fingerprint density at radius 3 is 2.18 bits per heavy atom. The molecule has 0 fully saturated rings. The smallest absolute Gasteiger partial charge is 0 e. The van der Waals surface area contributed by atoms with E-state index in [0.29, 0.717) is 0 Å². The molecular formula is C12H11N2OWY-3. The third-order valence-corrected chi connectivity index (χ3v) is 1.91. The van der Waals surface area contributed by atoms with E-state index in [1.165, 1.54) is 25.4 Å². The molecule has 3 N–H and O–H groups in total. The minimum atomic E-state index is -0.810. The van der Waals surface area contributed by atoms with Crippen molar-refractivity contribution in [2.24, 2.45) is 5.73 Å². The molecule has 1 radical (unpaired) electrons. The van der Waals surface area contributed by atoms with Crippen LogP contribution in [0, 0.1) is 12.3 Å². The van der Waals surface area contributed by atoms with Gasteiger partial charge in [-0.3, -0.25) is 0 Å². The Morgan fingerprint density at radius 2 is 1.94 bits per heavy atom. The minimum Gasteiger partial charge on any atom is -0.184 e. The second-order valence-electron chi connectivity index (χ2n) is 2.46. The van der Waals surface area contributed by atoms with Crippen LogP contribution in [0.4, 0.5) is 0 Å². The molecule has 3 nitrogen and oxygen atoms in total. The molecule has 0 heterocycles. The van der Waals surface area contributed by atoms with Crippen LogP contribution in [-0.2, 0) is 56.9 Å². The molecule has 1 aromatic carbocycles. The van der Waals surface area contributed by atoms with Crippen molar-refractivity contribution in [2.75, 3.05) is 0 Å². The molecule has 1 amide bonds. The Balaban J connectivity index is 0. The number of rotatable bonds is 3. The molecule has 0 aromatic heterocycles. The SMILES string of the molecule is [NH-]C(=O)C(=[C-]N)/C=C\[CH]=[W].[Y].[c-]1ccccc1. The summed E-state index contributed by atoms with van der Waals surface area (Å²) in [4.78, 5) is 10.3. The average Bonchev–Trinajstić information content (AvgIpc) is 2.33. The van der Waals surface area contributed by atoms with E-state index < -0.39 is 5.91 Å². The van der Waals surface area contributed by atoms with Crippen molar-refractivity contribution in [3.8, 4) is 0 Å². The van der Waals surface area contributed by atoms with Gasteiger partial charge in [-0.25, -0.2) is 0 Å². The molecule has 1 aromatic rings. The largest absolute Gasteiger partial charge is 0.184 e. The molecule has 0 spiro atoms. The van der Waals surface area contributed by atoms with Gasteiger partial charge in [0.2, 0.25) is 0 Å². The van der Waals surface area contributed by atoms with Crippen molar-refractivity contribution in [2.45, 2.75) is 0 Å². The molecule has 0 aliphatic heterocycles. The Hall–Kier alpha value is -0.368. The first-order valence-corrected chi connectivity index (χ1v) is 6.04. The summed E-state index contributed by atoms with van der Waals surface area (Å²) in [6.07, 6.45) is 5.24. The van der Waals surface area contributed by atoms with Gasteiger partial charge in [0.05, 0.1) is 0 Å². The van der Waals surface area contributed by atoms with E-state index in [0.717, 1.165) is 0 Å². The predicted octanol–water partition coefficient (Wildman–Crippen LogP) is 1.60. The third-order valence-electron chi connectivity index (χ3n) is 1.35. The molecular weight excluding hydrogens is 461 g/mol. The summed E-state index contributed by atoms with van der Waals surface area (Å²) in [5, 5.41) is 0. The van der Waals surface area contributed by atoms with Crippen LogP contribution in [0.1, 0.15) is 0 Å². The summed E-state index contributed by atoms with van der Waals surface area (Å²) in [6, 6.07) is 12.5. The second kappa shape index (κ2) is 13.7. The zero-order valence-electron chi connectivity index (χ0n) is 9.09. The standard InChI is InChI=1S/C6H7N2O.C6H5.W.Y/c1-2-3-5(4-7)6(8)9;1-2-4-6-5-3-1;;/h1-3H,(H4,7,8,9);1-5H;;/q2*-1;;/p-1/b3-2-;;;. The van der Waals surface area contributed by atoms with E-state index in [-0.39, 0.29) is 38.3 Å². The summed E-state index contributed by atoms with van der Waals surface area (Å²) < 4.78 is 1.82. The monoisotopic (exact) mass is 472 g/mol. The maximum Gasteiger partial charge on any atom is 0 e. The van der Waals surface area contributed by atoms with Crippen LogP contribution in [0.2, 0.25) is 0 Å². The fourth-order valence-corrected chi connectivity index (χ4v) is 0.949. The molecule has 5 heteroatoms. The normalized spacial score (nSPS) is 9.76. The van der Waals surface area contributed by atoms with Gasteiger partial charge in [0.25, 0.3) is 0 Å². The molecule has 0 aliphatic carbocycles. The number of amides is 1. The Kier molecular flexibility index (Phi) is 15.3.